The molecule has 1 unspecified atom stereocenters. The van der Waals surface area contributed by atoms with Crippen molar-refractivity contribution in [2.24, 2.45) is 0 Å². The lowest BCUT2D eigenvalue weighted by Gasteiger charge is -2.18. The second kappa shape index (κ2) is 8.48. The van der Waals surface area contributed by atoms with Gasteiger partial charge in [-0.05, 0) is 24.2 Å². The molecule has 0 bridgehead atoms. The molecule has 1 rings (SSSR count). The number of methoxy groups -OCH3 is 1. The SMILES string of the molecule is CCNC(COCCOC)c1cccc(Cl)c1. The Morgan fingerprint density at radius 1 is 1.35 bits per heavy atom. The maximum atomic E-state index is 5.98. The number of hydrogen-bond acceptors (Lipinski definition) is 3. The minimum atomic E-state index is 0.176. The fourth-order valence-corrected chi connectivity index (χ4v) is 1.78. The van der Waals surface area contributed by atoms with Crippen molar-refractivity contribution in [3.63, 3.8) is 0 Å². The molecule has 0 aromatic heterocycles. The van der Waals surface area contributed by atoms with E-state index in [1.165, 1.54) is 0 Å². The topological polar surface area (TPSA) is 30.5 Å². The average Bonchev–Trinajstić information content (AvgIpc) is 2.33. The van der Waals surface area contributed by atoms with Gasteiger partial charge in [-0.25, -0.2) is 0 Å². The summed E-state index contributed by atoms with van der Waals surface area (Å²) in [5.41, 5.74) is 1.15. The monoisotopic (exact) mass is 257 g/mol. The van der Waals surface area contributed by atoms with Crippen LogP contribution in [-0.2, 0) is 9.47 Å². The van der Waals surface area contributed by atoms with E-state index >= 15 is 0 Å². The van der Waals surface area contributed by atoms with Gasteiger partial charge in [-0.1, -0.05) is 30.7 Å². The highest BCUT2D eigenvalue weighted by atomic mass is 35.5. The molecule has 0 heterocycles. The summed E-state index contributed by atoms with van der Waals surface area (Å²) in [6.45, 7) is 4.82. The van der Waals surface area contributed by atoms with Gasteiger partial charge in [0.1, 0.15) is 0 Å². The van der Waals surface area contributed by atoms with Crippen LogP contribution in [0.4, 0.5) is 0 Å². The molecular formula is C13H20ClNO2. The Kier molecular flexibility index (Phi) is 7.21. The first-order valence-corrected chi connectivity index (χ1v) is 6.21. The quantitative estimate of drug-likeness (QED) is 0.727. The van der Waals surface area contributed by atoms with Gasteiger partial charge in [0.05, 0.1) is 25.9 Å². The van der Waals surface area contributed by atoms with Gasteiger partial charge in [0, 0.05) is 12.1 Å². The number of rotatable bonds is 8. The molecule has 0 aliphatic rings. The van der Waals surface area contributed by atoms with Crippen molar-refractivity contribution < 1.29 is 9.47 Å². The van der Waals surface area contributed by atoms with Gasteiger partial charge in [0.15, 0.2) is 0 Å². The van der Waals surface area contributed by atoms with Gasteiger partial charge in [-0.3, -0.25) is 0 Å². The first kappa shape index (κ1) is 14.5. The molecule has 0 saturated carbocycles. The predicted octanol–water partition coefficient (Wildman–Crippen LogP) is 2.65. The Morgan fingerprint density at radius 2 is 2.18 bits per heavy atom. The normalized spacial score (nSPS) is 12.6. The van der Waals surface area contributed by atoms with Crippen LogP contribution in [0.2, 0.25) is 5.02 Å². The third kappa shape index (κ3) is 5.50. The zero-order valence-electron chi connectivity index (χ0n) is 10.4. The Balaban J connectivity index is 2.52. The van der Waals surface area contributed by atoms with Crippen LogP contribution in [0.5, 0.6) is 0 Å². The second-order valence-electron chi connectivity index (χ2n) is 3.73. The third-order valence-corrected chi connectivity index (χ3v) is 2.65. The number of nitrogens with one attached hydrogen (secondary N) is 1. The van der Waals surface area contributed by atoms with Gasteiger partial charge in [-0.15, -0.1) is 0 Å². The van der Waals surface area contributed by atoms with Crippen LogP contribution in [0.25, 0.3) is 0 Å². The largest absolute Gasteiger partial charge is 0.382 e. The van der Waals surface area contributed by atoms with Crippen molar-refractivity contribution in [3.05, 3.63) is 34.9 Å². The van der Waals surface area contributed by atoms with Gasteiger partial charge in [0.25, 0.3) is 0 Å². The van der Waals surface area contributed by atoms with E-state index in [2.05, 4.69) is 18.3 Å². The van der Waals surface area contributed by atoms with Crippen LogP contribution in [-0.4, -0.2) is 33.5 Å². The van der Waals surface area contributed by atoms with Gasteiger partial charge in [0.2, 0.25) is 0 Å². The van der Waals surface area contributed by atoms with Crippen molar-refractivity contribution in [1.29, 1.82) is 0 Å². The molecule has 0 aliphatic heterocycles. The number of hydrogen-bond donors (Lipinski definition) is 1. The zero-order chi connectivity index (χ0) is 12.5. The molecule has 3 nitrogen and oxygen atoms in total. The average molecular weight is 258 g/mol. The summed E-state index contributed by atoms with van der Waals surface area (Å²) in [6, 6.07) is 8.03. The van der Waals surface area contributed by atoms with E-state index in [-0.39, 0.29) is 6.04 Å². The Bertz CT molecular complexity index is 320. The molecule has 0 radical (unpaired) electrons. The summed E-state index contributed by atoms with van der Waals surface area (Å²) in [6.07, 6.45) is 0. The number of halogens is 1. The first-order chi connectivity index (χ1) is 8.27. The molecule has 1 N–H and O–H groups in total. The highest BCUT2D eigenvalue weighted by molar-refractivity contribution is 6.30. The van der Waals surface area contributed by atoms with Crippen LogP contribution in [0, 0.1) is 0 Å². The summed E-state index contributed by atoms with van der Waals surface area (Å²) < 4.78 is 10.5. The lowest BCUT2D eigenvalue weighted by Crippen LogP contribution is -2.26. The zero-order valence-corrected chi connectivity index (χ0v) is 11.2. The molecule has 0 amide bonds. The van der Waals surface area contributed by atoms with E-state index in [0.717, 1.165) is 17.1 Å². The summed E-state index contributed by atoms with van der Waals surface area (Å²) in [5.74, 6) is 0. The molecular weight excluding hydrogens is 238 g/mol. The van der Waals surface area contributed by atoms with E-state index in [1.807, 2.05) is 18.2 Å². The summed E-state index contributed by atoms with van der Waals surface area (Å²) in [7, 11) is 1.67. The Labute approximate surface area is 108 Å². The van der Waals surface area contributed by atoms with Crippen molar-refractivity contribution in [1.82, 2.24) is 5.32 Å². The van der Waals surface area contributed by atoms with Crippen molar-refractivity contribution in [2.75, 3.05) is 33.5 Å². The van der Waals surface area contributed by atoms with E-state index in [4.69, 9.17) is 21.1 Å². The molecule has 17 heavy (non-hydrogen) atoms. The summed E-state index contributed by atoms with van der Waals surface area (Å²) >= 11 is 5.98. The Hall–Kier alpha value is -0.610. The maximum absolute atomic E-state index is 5.98. The summed E-state index contributed by atoms with van der Waals surface area (Å²) in [5, 5.41) is 4.13. The lowest BCUT2D eigenvalue weighted by molar-refractivity contribution is 0.0588. The highest BCUT2D eigenvalue weighted by Crippen LogP contribution is 2.18. The van der Waals surface area contributed by atoms with E-state index in [9.17, 15) is 0 Å². The minimum Gasteiger partial charge on any atom is -0.382 e. The van der Waals surface area contributed by atoms with Crippen molar-refractivity contribution >= 4 is 11.6 Å². The van der Waals surface area contributed by atoms with E-state index in [0.29, 0.717) is 19.8 Å². The molecule has 1 aromatic rings. The molecule has 1 atom stereocenters. The predicted molar refractivity (Wildman–Crippen MR) is 70.6 cm³/mol. The Morgan fingerprint density at radius 3 is 2.82 bits per heavy atom. The number of likely N-dealkylation sites (N-methyl/N-ethyl adjacent to an activating group) is 1. The van der Waals surface area contributed by atoms with Crippen LogP contribution in [0.15, 0.2) is 24.3 Å². The standard InChI is InChI=1S/C13H20ClNO2/c1-3-15-13(10-17-8-7-16-2)11-5-4-6-12(14)9-11/h4-6,9,13,15H,3,7-8,10H2,1-2H3. The molecule has 0 spiro atoms. The maximum Gasteiger partial charge on any atom is 0.0701 e. The van der Waals surface area contributed by atoms with Crippen molar-refractivity contribution in [3.8, 4) is 0 Å². The van der Waals surface area contributed by atoms with E-state index < -0.39 is 0 Å². The van der Waals surface area contributed by atoms with Gasteiger partial charge < -0.3 is 14.8 Å². The number of benzene rings is 1. The molecule has 1 aromatic carbocycles. The van der Waals surface area contributed by atoms with Crippen LogP contribution in [0.1, 0.15) is 18.5 Å². The van der Waals surface area contributed by atoms with Crippen LogP contribution < -0.4 is 5.32 Å². The lowest BCUT2D eigenvalue weighted by atomic mass is 10.1. The molecule has 0 saturated heterocycles. The fraction of sp³-hybridized carbons (Fsp3) is 0.538. The van der Waals surface area contributed by atoms with E-state index in [1.54, 1.807) is 7.11 Å². The highest BCUT2D eigenvalue weighted by Gasteiger charge is 2.10. The van der Waals surface area contributed by atoms with Crippen molar-refractivity contribution in [2.45, 2.75) is 13.0 Å². The minimum absolute atomic E-state index is 0.176. The first-order valence-electron chi connectivity index (χ1n) is 5.83. The fourth-order valence-electron chi connectivity index (χ4n) is 1.59. The van der Waals surface area contributed by atoms with Gasteiger partial charge >= 0.3 is 0 Å². The van der Waals surface area contributed by atoms with Crippen LogP contribution >= 0.6 is 11.6 Å². The van der Waals surface area contributed by atoms with Gasteiger partial charge in [-0.2, -0.15) is 0 Å². The molecule has 0 aliphatic carbocycles. The third-order valence-electron chi connectivity index (χ3n) is 2.42. The summed E-state index contributed by atoms with van der Waals surface area (Å²) in [4.78, 5) is 0. The van der Waals surface area contributed by atoms with Crippen LogP contribution in [0.3, 0.4) is 0 Å². The smallest absolute Gasteiger partial charge is 0.0701 e. The molecule has 96 valence electrons. The molecule has 0 fully saturated rings. The molecule has 4 heteroatoms. The number of ether oxygens (including phenoxy) is 2. The second-order valence-corrected chi connectivity index (χ2v) is 4.17.